The Balaban J connectivity index is 2.92. The van der Waals surface area contributed by atoms with Crippen molar-refractivity contribution in [1.29, 1.82) is 0 Å². The summed E-state index contributed by atoms with van der Waals surface area (Å²) in [6, 6.07) is 4.38. The molecule has 1 aromatic carbocycles. The summed E-state index contributed by atoms with van der Waals surface area (Å²) >= 11 is 5.76. The van der Waals surface area contributed by atoms with Crippen molar-refractivity contribution in [1.82, 2.24) is 0 Å². The molecule has 0 heterocycles. The van der Waals surface area contributed by atoms with Gasteiger partial charge < -0.3 is 0 Å². The highest BCUT2D eigenvalue weighted by Crippen LogP contribution is 2.20. The first-order valence-corrected chi connectivity index (χ1v) is 5.07. The predicted octanol–water partition coefficient (Wildman–Crippen LogP) is 3.24. The van der Waals surface area contributed by atoms with Gasteiger partial charge in [0.1, 0.15) is 0 Å². The Morgan fingerprint density at radius 1 is 1.56 bits per heavy atom. The molecule has 1 rings (SSSR count). The maximum atomic E-state index is 10.7. The average molecular weight is 239 g/mol. The van der Waals surface area contributed by atoms with Crippen LogP contribution in [0, 0.1) is 10.1 Å². The van der Waals surface area contributed by atoms with Gasteiger partial charge >= 0.3 is 0 Å². The van der Waals surface area contributed by atoms with Crippen LogP contribution in [0.1, 0.15) is 12.0 Å². The van der Waals surface area contributed by atoms with Crippen LogP contribution >= 0.6 is 11.6 Å². The monoisotopic (exact) mass is 238 g/mol. The second-order valence-electron chi connectivity index (χ2n) is 3.07. The Kier molecular flexibility index (Phi) is 4.66. The number of hydrogen-bond acceptors (Lipinski definition) is 3. The lowest BCUT2D eigenvalue weighted by Crippen LogP contribution is -1.94. The van der Waals surface area contributed by atoms with Gasteiger partial charge in [0.25, 0.3) is 5.69 Å². The van der Waals surface area contributed by atoms with Crippen molar-refractivity contribution in [3.05, 3.63) is 51.6 Å². The second-order valence-corrected chi connectivity index (χ2v) is 3.51. The zero-order valence-corrected chi connectivity index (χ0v) is 9.35. The van der Waals surface area contributed by atoms with Crippen LogP contribution in [0.15, 0.2) is 35.8 Å². The van der Waals surface area contributed by atoms with E-state index >= 15 is 0 Å². The number of halogens is 1. The fourth-order valence-electron chi connectivity index (χ4n) is 1.12. The molecule has 16 heavy (non-hydrogen) atoms. The van der Waals surface area contributed by atoms with Gasteiger partial charge in [-0.05, 0) is 18.6 Å². The van der Waals surface area contributed by atoms with Crippen LogP contribution in [0.3, 0.4) is 0 Å². The summed E-state index contributed by atoms with van der Waals surface area (Å²) < 4.78 is 0. The number of nitrogens with zero attached hydrogens (tertiary/aromatic N) is 2. The van der Waals surface area contributed by atoms with E-state index in [1.165, 1.54) is 24.4 Å². The third-order valence-electron chi connectivity index (χ3n) is 1.88. The Bertz CT molecular complexity index is 430. The normalized spacial score (nSPS) is 10.6. The number of rotatable bonds is 5. The van der Waals surface area contributed by atoms with Crippen LogP contribution in [0.5, 0.6) is 0 Å². The summed E-state index contributed by atoms with van der Waals surface area (Å²) in [6.07, 6.45) is 3.95. The molecule has 0 amide bonds. The summed E-state index contributed by atoms with van der Waals surface area (Å²) in [6.45, 7) is 4.12. The van der Waals surface area contributed by atoms with Crippen LogP contribution in [0.25, 0.3) is 0 Å². The number of nitro groups is 1. The van der Waals surface area contributed by atoms with E-state index in [-0.39, 0.29) is 5.69 Å². The zero-order chi connectivity index (χ0) is 12.0. The van der Waals surface area contributed by atoms with E-state index in [1.54, 1.807) is 6.08 Å². The van der Waals surface area contributed by atoms with Gasteiger partial charge in [-0.25, -0.2) is 0 Å². The van der Waals surface area contributed by atoms with E-state index in [0.717, 1.165) is 6.42 Å². The first-order chi connectivity index (χ1) is 7.65. The highest BCUT2D eigenvalue weighted by atomic mass is 35.5. The fourth-order valence-corrected chi connectivity index (χ4v) is 1.30. The molecule has 0 fully saturated rings. The quantitative estimate of drug-likeness (QED) is 0.260. The van der Waals surface area contributed by atoms with Gasteiger partial charge in [0.2, 0.25) is 0 Å². The van der Waals surface area contributed by atoms with Crippen LogP contribution in [0.2, 0.25) is 5.02 Å². The molecule has 0 spiro atoms. The molecule has 0 unspecified atom stereocenters. The van der Waals surface area contributed by atoms with Gasteiger partial charge in [0, 0.05) is 23.8 Å². The van der Waals surface area contributed by atoms with Crippen molar-refractivity contribution in [2.75, 3.05) is 6.54 Å². The Morgan fingerprint density at radius 2 is 2.31 bits per heavy atom. The SMILES string of the molecule is C=CCCN=Cc1cc(Cl)ccc1[N+](=O)[O-]. The second kappa shape index (κ2) is 6.02. The molecule has 84 valence electrons. The molecule has 0 saturated heterocycles. The summed E-state index contributed by atoms with van der Waals surface area (Å²) in [7, 11) is 0. The minimum Gasteiger partial charge on any atom is -0.292 e. The minimum atomic E-state index is -0.453. The van der Waals surface area contributed by atoms with Crippen molar-refractivity contribution in [2.45, 2.75) is 6.42 Å². The molecule has 0 aliphatic heterocycles. The molecule has 5 heteroatoms. The van der Waals surface area contributed by atoms with Crippen LogP contribution in [0.4, 0.5) is 5.69 Å². The van der Waals surface area contributed by atoms with E-state index < -0.39 is 4.92 Å². The third-order valence-corrected chi connectivity index (χ3v) is 2.11. The molecule has 4 nitrogen and oxygen atoms in total. The van der Waals surface area contributed by atoms with Crippen LogP contribution in [-0.2, 0) is 0 Å². The molecule has 0 saturated carbocycles. The maximum Gasteiger partial charge on any atom is 0.278 e. The maximum absolute atomic E-state index is 10.7. The van der Waals surface area contributed by atoms with Crippen LogP contribution < -0.4 is 0 Å². The molecule has 0 bridgehead atoms. The van der Waals surface area contributed by atoms with E-state index in [4.69, 9.17) is 11.6 Å². The van der Waals surface area contributed by atoms with E-state index in [2.05, 4.69) is 11.6 Å². The van der Waals surface area contributed by atoms with Gasteiger partial charge in [-0.15, -0.1) is 6.58 Å². The Labute approximate surface area is 98.4 Å². The third kappa shape index (κ3) is 3.47. The average Bonchev–Trinajstić information content (AvgIpc) is 2.24. The van der Waals surface area contributed by atoms with Crippen molar-refractivity contribution >= 4 is 23.5 Å². The first-order valence-electron chi connectivity index (χ1n) is 4.70. The molecule has 0 aliphatic carbocycles. The van der Waals surface area contributed by atoms with Crippen molar-refractivity contribution in [2.24, 2.45) is 4.99 Å². The lowest BCUT2D eigenvalue weighted by molar-refractivity contribution is -0.385. The predicted molar refractivity (Wildman–Crippen MR) is 65.4 cm³/mol. The summed E-state index contributed by atoms with van der Waals surface area (Å²) in [5, 5.41) is 11.2. The summed E-state index contributed by atoms with van der Waals surface area (Å²) in [5.41, 5.74) is 0.424. The molecule has 1 aromatic rings. The highest BCUT2D eigenvalue weighted by Gasteiger charge is 2.11. The molecule has 0 atom stereocenters. The number of hydrogen-bond donors (Lipinski definition) is 0. The number of aliphatic imine (C=N–C) groups is 1. The Morgan fingerprint density at radius 3 is 2.94 bits per heavy atom. The summed E-state index contributed by atoms with van der Waals surface area (Å²) in [5.74, 6) is 0. The van der Waals surface area contributed by atoms with Gasteiger partial charge in [0.15, 0.2) is 0 Å². The first kappa shape index (κ1) is 12.4. The number of benzene rings is 1. The van der Waals surface area contributed by atoms with Crippen molar-refractivity contribution < 1.29 is 4.92 Å². The van der Waals surface area contributed by atoms with Crippen LogP contribution in [-0.4, -0.2) is 17.7 Å². The number of nitro benzene ring substituents is 1. The molecule has 0 N–H and O–H groups in total. The van der Waals surface area contributed by atoms with Gasteiger partial charge in [-0.3, -0.25) is 15.1 Å². The molecule has 0 radical (unpaired) electrons. The van der Waals surface area contributed by atoms with Gasteiger partial charge in [-0.1, -0.05) is 17.7 Å². The van der Waals surface area contributed by atoms with Gasteiger partial charge in [-0.2, -0.15) is 0 Å². The van der Waals surface area contributed by atoms with Crippen molar-refractivity contribution in [3.8, 4) is 0 Å². The van der Waals surface area contributed by atoms with Gasteiger partial charge in [0.05, 0.1) is 10.5 Å². The molecule has 0 aliphatic rings. The van der Waals surface area contributed by atoms with E-state index in [9.17, 15) is 10.1 Å². The van der Waals surface area contributed by atoms with E-state index in [1.807, 2.05) is 0 Å². The zero-order valence-electron chi connectivity index (χ0n) is 8.60. The topological polar surface area (TPSA) is 55.5 Å². The lowest BCUT2D eigenvalue weighted by atomic mass is 10.2. The molecule has 0 aromatic heterocycles. The minimum absolute atomic E-state index is 0.00625. The molecular weight excluding hydrogens is 228 g/mol. The molecular formula is C11H11ClN2O2. The lowest BCUT2D eigenvalue weighted by Gasteiger charge is -1.97. The smallest absolute Gasteiger partial charge is 0.278 e. The largest absolute Gasteiger partial charge is 0.292 e. The Hall–Kier alpha value is -1.68. The summed E-state index contributed by atoms with van der Waals surface area (Å²) in [4.78, 5) is 14.3. The van der Waals surface area contributed by atoms with Crippen molar-refractivity contribution in [3.63, 3.8) is 0 Å². The highest BCUT2D eigenvalue weighted by molar-refractivity contribution is 6.31. The van der Waals surface area contributed by atoms with E-state index in [0.29, 0.717) is 17.1 Å². The fraction of sp³-hybridized carbons (Fsp3) is 0.182. The standard InChI is InChI=1S/C11H11ClN2O2/c1-2-3-6-13-8-9-7-10(12)4-5-11(9)14(15)16/h2,4-5,7-8H,1,3,6H2.